The number of halogens is 3. The summed E-state index contributed by atoms with van der Waals surface area (Å²) in [5.41, 5.74) is 2.18. The molecule has 2 aromatic carbocycles. The van der Waals surface area contributed by atoms with E-state index in [-0.39, 0.29) is 18.2 Å². The number of rotatable bonds is 3. The van der Waals surface area contributed by atoms with Gasteiger partial charge in [-0.1, -0.05) is 34.8 Å². The van der Waals surface area contributed by atoms with Crippen molar-refractivity contribution >= 4 is 58.0 Å². The molecule has 25 heavy (non-hydrogen) atoms. The summed E-state index contributed by atoms with van der Waals surface area (Å²) < 4.78 is 0. The Labute approximate surface area is 160 Å². The lowest BCUT2D eigenvalue weighted by atomic mass is 10.1. The molecule has 0 aromatic heterocycles. The van der Waals surface area contributed by atoms with Gasteiger partial charge in [0.15, 0.2) is 0 Å². The highest BCUT2D eigenvalue weighted by Gasteiger charge is 2.35. The molecule has 1 atom stereocenters. The van der Waals surface area contributed by atoms with E-state index in [9.17, 15) is 9.59 Å². The monoisotopic (exact) mass is 396 g/mol. The fourth-order valence-corrected chi connectivity index (χ4v) is 3.66. The van der Waals surface area contributed by atoms with E-state index in [1.54, 1.807) is 41.3 Å². The van der Waals surface area contributed by atoms with Crippen LogP contribution < -0.4 is 10.2 Å². The van der Waals surface area contributed by atoms with E-state index >= 15 is 0 Å². The highest BCUT2D eigenvalue weighted by Crippen LogP contribution is 2.30. The van der Waals surface area contributed by atoms with Crippen molar-refractivity contribution < 1.29 is 9.59 Å². The summed E-state index contributed by atoms with van der Waals surface area (Å²) in [6.07, 6.45) is 0.155. The third-order valence-electron chi connectivity index (χ3n) is 4.08. The van der Waals surface area contributed by atoms with Crippen LogP contribution in [0.2, 0.25) is 15.1 Å². The van der Waals surface area contributed by atoms with Crippen LogP contribution in [-0.4, -0.2) is 18.4 Å². The minimum atomic E-state index is -0.444. The fraction of sp³-hybridized carbons (Fsp3) is 0.222. The van der Waals surface area contributed by atoms with Gasteiger partial charge < -0.3 is 10.2 Å². The highest BCUT2D eigenvalue weighted by atomic mass is 35.5. The standard InChI is InChI=1S/C18H15Cl3N2O2/c1-10-4-12(19)2-3-16(10)23-9-11(5-17(23)24)18(25)22-15-7-13(20)6-14(21)8-15/h2-4,6-8,11H,5,9H2,1H3,(H,22,25). The molecule has 0 aliphatic carbocycles. The number of nitrogens with one attached hydrogen (secondary N) is 1. The molecule has 1 fully saturated rings. The Morgan fingerprint density at radius 2 is 1.76 bits per heavy atom. The third-order valence-corrected chi connectivity index (χ3v) is 4.75. The summed E-state index contributed by atoms with van der Waals surface area (Å²) in [5, 5.41) is 4.25. The van der Waals surface area contributed by atoms with Gasteiger partial charge >= 0.3 is 0 Å². The number of amides is 2. The molecule has 4 nitrogen and oxygen atoms in total. The second-order valence-corrected chi connectivity index (χ2v) is 7.29. The molecule has 2 amide bonds. The first-order valence-corrected chi connectivity index (χ1v) is 8.80. The molecule has 2 aromatic rings. The van der Waals surface area contributed by atoms with E-state index in [1.807, 2.05) is 6.92 Å². The van der Waals surface area contributed by atoms with Crippen molar-refractivity contribution in [2.45, 2.75) is 13.3 Å². The maximum absolute atomic E-state index is 12.5. The number of aryl methyl sites for hydroxylation is 1. The van der Waals surface area contributed by atoms with Crippen molar-refractivity contribution in [2.24, 2.45) is 5.92 Å². The van der Waals surface area contributed by atoms with Crippen molar-refractivity contribution in [1.29, 1.82) is 0 Å². The van der Waals surface area contributed by atoms with Crippen LogP contribution in [0, 0.1) is 12.8 Å². The Bertz CT molecular complexity index is 834. The average Bonchev–Trinajstić information content (AvgIpc) is 2.88. The van der Waals surface area contributed by atoms with Crippen LogP contribution in [-0.2, 0) is 9.59 Å². The van der Waals surface area contributed by atoms with Crippen LogP contribution in [0.15, 0.2) is 36.4 Å². The van der Waals surface area contributed by atoms with Gasteiger partial charge in [-0.2, -0.15) is 0 Å². The zero-order chi connectivity index (χ0) is 18.1. The van der Waals surface area contributed by atoms with Gasteiger partial charge in [-0.05, 0) is 48.9 Å². The summed E-state index contributed by atoms with van der Waals surface area (Å²) in [4.78, 5) is 26.5. The molecule has 1 heterocycles. The van der Waals surface area contributed by atoms with Gasteiger partial charge in [0.1, 0.15) is 0 Å². The second kappa shape index (κ2) is 7.24. The predicted octanol–water partition coefficient (Wildman–Crippen LogP) is 4.95. The molecule has 1 aliphatic heterocycles. The Balaban J connectivity index is 1.74. The van der Waals surface area contributed by atoms with E-state index in [1.165, 1.54) is 0 Å². The molecule has 1 saturated heterocycles. The number of carbonyl (C=O) groups excluding carboxylic acids is 2. The summed E-state index contributed by atoms with van der Waals surface area (Å²) in [6, 6.07) is 10.1. The summed E-state index contributed by atoms with van der Waals surface area (Å²) in [6.45, 7) is 2.21. The Hall–Kier alpha value is -1.75. The Kier molecular flexibility index (Phi) is 5.23. The Morgan fingerprint density at radius 1 is 1.08 bits per heavy atom. The topological polar surface area (TPSA) is 49.4 Å². The molecule has 1 N–H and O–H groups in total. The summed E-state index contributed by atoms with van der Waals surface area (Å²) in [5.74, 6) is -0.768. The first-order chi connectivity index (χ1) is 11.8. The van der Waals surface area contributed by atoms with Crippen LogP contribution >= 0.6 is 34.8 Å². The second-order valence-electron chi connectivity index (χ2n) is 5.98. The van der Waals surface area contributed by atoms with E-state index in [0.717, 1.165) is 11.3 Å². The van der Waals surface area contributed by atoms with Gasteiger partial charge in [0.2, 0.25) is 11.8 Å². The van der Waals surface area contributed by atoms with Gasteiger partial charge in [0.25, 0.3) is 0 Å². The van der Waals surface area contributed by atoms with E-state index < -0.39 is 5.92 Å². The molecule has 130 valence electrons. The molecule has 0 saturated carbocycles. The van der Waals surface area contributed by atoms with Crippen LogP contribution in [0.4, 0.5) is 11.4 Å². The number of hydrogen-bond donors (Lipinski definition) is 1. The number of carbonyl (C=O) groups is 2. The van der Waals surface area contributed by atoms with Crippen molar-refractivity contribution in [2.75, 3.05) is 16.8 Å². The number of anilines is 2. The number of nitrogens with zero attached hydrogens (tertiary/aromatic N) is 1. The van der Waals surface area contributed by atoms with E-state index in [2.05, 4.69) is 5.32 Å². The first-order valence-electron chi connectivity index (χ1n) is 7.67. The van der Waals surface area contributed by atoms with E-state index in [4.69, 9.17) is 34.8 Å². The molecule has 3 rings (SSSR count). The quantitative estimate of drug-likeness (QED) is 0.797. The normalized spacial score (nSPS) is 17.0. The molecule has 7 heteroatoms. The SMILES string of the molecule is Cc1cc(Cl)ccc1N1CC(C(=O)Nc2cc(Cl)cc(Cl)c2)CC1=O. The summed E-state index contributed by atoms with van der Waals surface area (Å²) >= 11 is 17.8. The maximum atomic E-state index is 12.5. The predicted molar refractivity (Wildman–Crippen MR) is 102 cm³/mol. The third kappa shape index (κ3) is 4.09. The molecular formula is C18H15Cl3N2O2. The molecule has 1 unspecified atom stereocenters. The Morgan fingerprint density at radius 3 is 2.40 bits per heavy atom. The van der Waals surface area contributed by atoms with Crippen molar-refractivity contribution in [3.63, 3.8) is 0 Å². The highest BCUT2D eigenvalue weighted by molar-refractivity contribution is 6.35. The van der Waals surface area contributed by atoms with Gasteiger partial charge in [-0.25, -0.2) is 0 Å². The lowest BCUT2D eigenvalue weighted by molar-refractivity contribution is -0.122. The number of benzene rings is 2. The maximum Gasteiger partial charge on any atom is 0.229 e. The molecule has 1 aliphatic rings. The zero-order valence-corrected chi connectivity index (χ0v) is 15.6. The first kappa shape index (κ1) is 18.1. The van der Waals surface area contributed by atoms with Crippen molar-refractivity contribution in [3.8, 4) is 0 Å². The molecule has 0 radical (unpaired) electrons. The van der Waals surface area contributed by atoms with Crippen LogP contribution in [0.1, 0.15) is 12.0 Å². The van der Waals surface area contributed by atoms with Crippen LogP contribution in [0.25, 0.3) is 0 Å². The zero-order valence-electron chi connectivity index (χ0n) is 13.4. The van der Waals surface area contributed by atoms with Crippen molar-refractivity contribution in [1.82, 2.24) is 0 Å². The molecular weight excluding hydrogens is 383 g/mol. The van der Waals surface area contributed by atoms with Crippen molar-refractivity contribution in [3.05, 3.63) is 57.0 Å². The van der Waals surface area contributed by atoms with Gasteiger partial charge in [-0.15, -0.1) is 0 Å². The lowest BCUT2D eigenvalue weighted by Gasteiger charge is -2.19. The minimum Gasteiger partial charge on any atom is -0.326 e. The van der Waals surface area contributed by atoms with Gasteiger partial charge in [0, 0.05) is 39.4 Å². The lowest BCUT2D eigenvalue weighted by Crippen LogP contribution is -2.28. The van der Waals surface area contributed by atoms with Gasteiger partial charge in [-0.3, -0.25) is 9.59 Å². The fourth-order valence-electron chi connectivity index (χ4n) is 2.91. The van der Waals surface area contributed by atoms with Crippen LogP contribution in [0.3, 0.4) is 0 Å². The van der Waals surface area contributed by atoms with E-state index in [0.29, 0.717) is 27.3 Å². The van der Waals surface area contributed by atoms with Crippen LogP contribution in [0.5, 0.6) is 0 Å². The number of hydrogen-bond acceptors (Lipinski definition) is 2. The summed E-state index contributed by atoms with van der Waals surface area (Å²) in [7, 11) is 0. The smallest absolute Gasteiger partial charge is 0.229 e. The molecule has 0 bridgehead atoms. The minimum absolute atomic E-state index is 0.0882. The van der Waals surface area contributed by atoms with Gasteiger partial charge in [0.05, 0.1) is 5.92 Å². The largest absolute Gasteiger partial charge is 0.326 e. The molecule has 0 spiro atoms. The average molecular weight is 398 g/mol.